The van der Waals surface area contributed by atoms with Crippen LogP contribution in [0, 0.1) is 0 Å². The van der Waals surface area contributed by atoms with E-state index in [1.807, 2.05) is 72.7 Å². The fourth-order valence-electron chi connectivity index (χ4n) is 5.56. The van der Waals surface area contributed by atoms with Crippen molar-refractivity contribution in [1.29, 1.82) is 0 Å². The van der Waals surface area contributed by atoms with Crippen molar-refractivity contribution in [2.45, 2.75) is 79.1 Å². The Morgan fingerprint density at radius 3 is 1.62 bits per heavy atom. The van der Waals surface area contributed by atoms with Gasteiger partial charge in [0.2, 0.25) is 0 Å². The maximum absolute atomic E-state index is 13.6. The van der Waals surface area contributed by atoms with Gasteiger partial charge in [-0.3, -0.25) is 29.1 Å². The first-order valence-electron chi connectivity index (χ1n) is 19.1. The van der Waals surface area contributed by atoms with E-state index in [1.165, 1.54) is 0 Å². The first-order valence-corrected chi connectivity index (χ1v) is 19.1. The third-order valence-corrected chi connectivity index (χ3v) is 7.96. The number of esters is 3. The fraction of sp³-hybridized carbons (Fsp3) is 0.769. The maximum atomic E-state index is 13.6. The second kappa shape index (κ2) is 25.3. The molecule has 2 rings (SSSR count). The lowest BCUT2D eigenvalue weighted by atomic mass is 10.0. The van der Waals surface area contributed by atoms with Crippen molar-refractivity contribution in [3.05, 3.63) is 29.8 Å². The molecule has 1 fully saturated rings. The molecule has 0 amide bonds. The molecule has 1 heterocycles. The van der Waals surface area contributed by atoms with Crippen LogP contribution >= 0.6 is 0 Å². The SMILES string of the molecule is CCOCCOCCOCCOc1ccc(CC(C(=O)OCC)N2CCN(CC(=O)OC(C)(C)C)CCNCCN(CC(=O)OC(C)(C)C)CC2)cc1. The monoisotopic (exact) mass is 752 g/mol. The van der Waals surface area contributed by atoms with Gasteiger partial charge in [0.25, 0.3) is 0 Å². The summed E-state index contributed by atoms with van der Waals surface area (Å²) in [5.74, 6) is -0.206. The number of nitrogens with zero attached hydrogens (tertiary/aromatic N) is 3. The van der Waals surface area contributed by atoms with Crippen LogP contribution in [0.25, 0.3) is 0 Å². The highest BCUT2D eigenvalue weighted by Crippen LogP contribution is 2.17. The average molecular weight is 753 g/mol. The zero-order chi connectivity index (χ0) is 39.1. The van der Waals surface area contributed by atoms with Gasteiger partial charge >= 0.3 is 17.9 Å². The van der Waals surface area contributed by atoms with Gasteiger partial charge in [0.1, 0.15) is 29.6 Å². The highest BCUT2D eigenvalue weighted by atomic mass is 16.6. The first-order chi connectivity index (χ1) is 25.2. The zero-order valence-corrected chi connectivity index (χ0v) is 33.7. The summed E-state index contributed by atoms with van der Waals surface area (Å²) < 4.78 is 39.0. The van der Waals surface area contributed by atoms with Crippen LogP contribution in [0.1, 0.15) is 61.0 Å². The molecule has 1 saturated heterocycles. The standard InChI is InChI=1S/C39H68N4O10/c1-9-47-23-24-48-25-26-49-27-28-51-33-13-11-32(12-14-33)29-34(37(46)50-10-2)43-21-19-41(30-35(44)52-38(3,4)5)17-15-40-16-18-42(20-22-43)31-36(45)53-39(6,7)8/h11-14,34,40H,9-10,15-31H2,1-8H3. The van der Waals surface area contributed by atoms with E-state index in [4.69, 9.17) is 33.2 Å². The topological polar surface area (TPSA) is 138 Å². The number of hydrogen-bond donors (Lipinski definition) is 1. The molecule has 14 nitrogen and oxygen atoms in total. The van der Waals surface area contributed by atoms with E-state index in [2.05, 4.69) is 20.0 Å². The molecule has 304 valence electrons. The third-order valence-electron chi connectivity index (χ3n) is 7.96. The molecule has 1 aromatic carbocycles. The largest absolute Gasteiger partial charge is 0.491 e. The van der Waals surface area contributed by atoms with Crippen molar-refractivity contribution in [3.8, 4) is 5.75 Å². The van der Waals surface area contributed by atoms with Crippen molar-refractivity contribution in [2.75, 3.05) is 118 Å². The Morgan fingerprint density at radius 1 is 0.660 bits per heavy atom. The Morgan fingerprint density at radius 2 is 1.15 bits per heavy atom. The van der Waals surface area contributed by atoms with Crippen LogP contribution in [0.5, 0.6) is 5.75 Å². The summed E-state index contributed by atoms with van der Waals surface area (Å²) in [5.41, 5.74) is -0.232. The molecule has 1 unspecified atom stereocenters. The summed E-state index contributed by atoms with van der Waals surface area (Å²) in [4.78, 5) is 45.5. The minimum absolute atomic E-state index is 0.135. The van der Waals surface area contributed by atoms with Crippen molar-refractivity contribution in [3.63, 3.8) is 0 Å². The van der Waals surface area contributed by atoms with Gasteiger partial charge in [-0.25, -0.2) is 0 Å². The maximum Gasteiger partial charge on any atom is 0.323 e. The number of hydrogen-bond acceptors (Lipinski definition) is 14. The van der Waals surface area contributed by atoms with E-state index in [1.54, 1.807) is 6.92 Å². The van der Waals surface area contributed by atoms with Gasteiger partial charge in [0, 0.05) is 59.0 Å². The summed E-state index contributed by atoms with van der Waals surface area (Å²) >= 11 is 0. The number of benzene rings is 1. The van der Waals surface area contributed by atoms with E-state index < -0.39 is 17.2 Å². The van der Waals surface area contributed by atoms with E-state index >= 15 is 0 Å². The minimum atomic E-state index is -0.598. The molecule has 1 aliphatic rings. The summed E-state index contributed by atoms with van der Waals surface area (Å²) in [7, 11) is 0. The van der Waals surface area contributed by atoms with Crippen molar-refractivity contribution in [2.24, 2.45) is 0 Å². The molecule has 0 saturated carbocycles. The van der Waals surface area contributed by atoms with E-state index in [-0.39, 0.29) is 37.6 Å². The summed E-state index contributed by atoms with van der Waals surface area (Å²) in [6, 6.07) is 7.10. The van der Waals surface area contributed by atoms with Crippen LogP contribution < -0.4 is 10.1 Å². The van der Waals surface area contributed by atoms with E-state index in [9.17, 15) is 14.4 Å². The van der Waals surface area contributed by atoms with Gasteiger partial charge in [0.05, 0.1) is 52.7 Å². The molecule has 0 spiro atoms. The van der Waals surface area contributed by atoms with Crippen LogP contribution in [-0.4, -0.2) is 168 Å². The van der Waals surface area contributed by atoms with Crippen LogP contribution in [0.15, 0.2) is 24.3 Å². The van der Waals surface area contributed by atoms with Crippen LogP contribution in [0.2, 0.25) is 0 Å². The number of carbonyl (C=O) groups excluding carboxylic acids is 3. The molecule has 1 atom stereocenters. The number of ether oxygens (including phenoxy) is 7. The van der Waals surface area contributed by atoms with Crippen LogP contribution in [0.4, 0.5) is 0 Å². The van der Waals surface area contributed by atoms with Gasteiger partial charge in [-0.1, -0.05) is 12.1 Å². The average Bonchev–Trinajstić information content (AvgIpc) is 3.06. The Balaban J connectivity index is 2.16. The highest BCUT2D eigenvalue weighted by Gasteiger charge is 2.30. The molecule has 1 aromatic rings. The second-order valence-corrected chi connectivity index (χ2v) is 14.9. The predicted molar refractivity (Wildman–Crippen MR) is 203 cm³/mol. The molecule has 0 bridgehead atoms. The molecule has 53 heavy (non-hydrogen) atoms. The summed E-state index contributed by atoms with van der Waals surface area (Å²) in [5, 5.41) is 3.44. The Bertz CT molecular complexity index is 1130. The molecule has 0 aromatic heterocycles. The van der Waals surface area contributed by atoms with Crippen LogP contribution in [-0.2, 0) is 49.2 Å². The van der Waals surface area contributed by atoms with E-state index in [0.717, 1.165) is 5.56 Å². The lowest BCUT2D eigenvalue weighted by Gasteiger charge is -2.35. The van der Waals surface area contributed by atoms with Crippen molar-refractivity contribution >= 4 is 17.9 Å². The van der Waals surface area contributed by atoms with Crippen molar-refractivity contribution in [1.82, 2.24) is 20.0 Å². The number of nitrogens with one attached hydrogen (secondary N) is 1. The van der Waals surface area contributed by atoms with Gasteiger partial charge in [-0.15, -0.1) is 0 Å². The zero-order valence-electron chi connectivity index (χ0n) is 33.7. The van der Waals surface area contributed by atoms with Crippen LogP contribution in [0.3, 0.4) is 0 Å². The summed E-state index contributed by atoms with van der Waals surface area (Å²) in [6.45, 7) is 23.6. The predicted octanol–water partition coefficient (Wildman–Crippen LogP) is 2.80. The minimum Gasteiger partial charge on any atom is -0.491 e. The number of carbonyl (C=O) groups is 3. The molecule has 1 aliphatic heterocycles. The molecule has 0 aliphatic carbocycles. The molecular weight excluding hydrogens is 684 g/mol. The normalized spacial score (nSPS) is 16.6. The molecule has 0 radical (unpaired) electrons. The van der Waals surface area contributed by atoms with Gasteiger partial charge in [-0.05, 0) is 79.5 Å². The van der Waals surface area contributed by atoms with Crippen molar-refractivity contribution < 1.29 is 47.5 Å². The Labute approximate surface area is 318 Å². The van der Waals surface area contributed by atoms with E-state index in [0.29, 0.717) is 111 Å². The van der Waals surface area contributed by atoms with Gasteiger partial charge in [-0.2, -0.15) is 0 Å². The van der Waals surface area contributed by atoms with Gasteiger partial charge in [0.15, 0.2) is 0 Å². The smallest absolute Gasteiger partial charge is 0.323 e. The first kappa shape index (κ1) is 46.3. The summed E-state index contributed by atoms with van der Waals surface area (Å²) in [6.07, 6.45) is 0.408. The number of rotatable bonds is 20. The highest BCUT2D eigenvalue weighted by molar-refractivity contribution is 5.76. The molecular formula is C39H68N4O10. The Kier molecular flexibility index (Phi) is 22.1. The quantitative estimate of drug-likeness (QED) is 0.119. The Hall–Kier alpha value is -2.85. The second-order valence-electron chi connectivity index (χ2n) is 14.9. The fourth-order valence-corrected chi connectivity index (χ4v) is 5.56. The van der Waals surface area contributed by atoms with Gasteiger partial charge < -0.3 is 38.5 Å². The molecule has 1 N–H and O–H groups in total. The third kappa shape index (κ3) is 22.2. The lowest BCUT2D eigenvalue weighted by Crippen LogP contribution is -2.52. The molecule has 14 heteroatoms. The lowest BCUT2D eigenvalue weighted by molar-refractivity contribution is -0.157.